The first kappa shape index (κ1) is 18.5. The molecule has 0 unspecified atom stereocenters. The standard InChI is InChI=1S/C20H27N3O3/c1-3-23(12-16-7-8-17-18(11-16)26-15-25-17)13-19(24)22(2)20(14-21)9-5-4-6-10-20/h7-8,11H,3-6,9-10,12-13,15H2,1-2H3. The van der Waals surface area contributed by atoms with Gasteiger partial charge in [0.2, 0.25) is 12.7 Å². The van der Waals surface area contributed by atoms with Crippen molar-refractivity contribution in [3.05, 3.63) is 23.8 Å². The van der Waals surface area contributed by atoms with E-state index in [9.17, 15) is 10.1 Å². The number of benzene rings is 1. The molecule has 1 fully saturated rings. The number of nitrogens with zero attached hydrogens (tertiary/aromatic N) is 3. The second-order valence-corrected chi connectivity index (χ2v) is 7.15. The quantitative estimate of drug-likeness (QED) is 0.783. The van der Waals surface area contributed by atoms with Crippen LogP contribution in [-0.2, 0) is 11.3 Å². The number of likely N-dealkylation sites (N-methyl/N-ethyl adjacent to an activating group) is 2. The second kappa shape index (κ2) is 7.96. The third kappa shape index (κ3) is 3.78. The number of nitriles is 1. The average molecular weight is 357 g/mol. The summed E-state index contributed by atoms with van der Waals surface area (Å²) in [5.41, 5.74) is 0.451. The topological polar surface area (TPSA) is 65.8 Å². The number of fused-ring (bicyclic) bond motifs is 1. The molecule has 1 amide bonds. The molecule has 1 aromatic carbocycles. The van der Waals surface area contributed by atoms with E-state index in [1.54, 1.807) is 11.9 Å². The highest BCUT2D eigenvalue weighted by Gasteiger charge is 2.38. The summed E-state index contributed by atoms with van der Waals surface area (Å²) in [6, 6.07) is 8.30. The fourth-order valence-electron chi connectivity index (χ4n) is 3.77. The zero-order valence-electron chi connectivity index (χ0n) is 15.7. The Morgan fingerprint density at radius 1 is 1.23 bits per heavy atom. The van der Waals surface area contributed by atoms with Gasteiger partial charge in [-0.05, 0) is 37.1 Å². The Kier molecular flexibility index (Phi) is 5.67. The van der Waals surface area contributed by atoms with Gasteiger partial charge in [-0.2, -0.15) is 5.26 Å². The van der Waals surface area contributed by atoms with Crippen molar-refractivity contribution < 1.29 is 14.3 Å². The highest BCUT2D eigenvalue weighted by molar-refractivity contribution is 5.79. The molecule has 0 aromatic heterocycles. The Morgan fingerprint density at radius 3 is 2.65 bits per heavy atom. The van der Waals surface area contributed by atoms with E-state index in [0.717, 1.165) is 55.7 Å². The molecule has 2 aliphatic rings. The summed E-state index contributed by atoms with van der Waals surface area (Å²) in [7, 11) is 1.78. The van der Waals surface area contributed by atoms with Crippen molar-refractivity contribution in [1.82, 2.24) is 9.80 Å². The van der Waals surface area contributed by atoms with Crippen LogP contribution in [-0.4, -0.2) is 48.2 Å². The molecule has 6 nitrogen and oxygen atoms in total. The van der Waals surface area contributed by atoms with Crippen LogP contribution in [0.4, 0.5) is 0 Å². The fraction of sp³-hybridized carbons (Fsp3) is 0.600. The lowest BCUT2D eigenvalue weighted by Gasteiger charge is -2.39. The molecule has 1 aliphatic carbocycles. The molecule has 0 N–H and O–H groups in total. The third-order valence-electron chi connectivity index (χ3n) is 5.55. The number of amides is 1. The zero-order chi connectivity index (χ0) is 18.6. The SMILES string of the molecule is CCN(CC(=O)N(C)C1(C#N)CCCCC1)Cc1ccc2c(c1)OCO2. The van der Waals surface area contributed by atoms with Gasteiger partial charge in [0.1, 0.15) is 5.54 Å². The van der Waals surface area contributed by atoms with E-state index in [1.165, 1.54) is 0 Å². The predicted octanol–water partition coefficient (Wildman–Crippen LogP) is 2.92. The van der Waals surface area contributed by atoms with Gasteiger partial charge in [-0.15, -0.1) is 0 Å². The lowest BCUT2D eigenvalue weighted by molar-refractivity contribution is -0.136. The van der Waals surface area contributed by atoms with Crippen LogP contribution >= 0.6 is 0 Å². The van der Waals surface area contributed by atoms with Gasteiger partial charge >= 0.3 is 0 Å². The van der Waals surface area contributed by atoms with Crippen LogP contribution in [0.25, 0.3) is 0 Å². The van der Waals surface area contributed by atoms with Gasteiger partial charge in [-0.1, -0.05) is 32.3 Å². The van der Waals surface area contributed by atoms with E-state index >= 15 is 0 Å². The second-order valence-electron chi connectivity index (χ2n) is 7.15. The number of ether oxygens (including phenoxy) is 2. The Balaban J connectivity index is 1.63. The summed E-state index contributed by atoms with van der Waals surface area (Å²) in [5, 5.41) is 9.69. The summed E-state index contributed by atoms with van der Waals surface area (Å²) in [5.74, 6) is 1.53. The van der Waals surface area contributed by atoms with Crippen molar-refractivity contribution in [3.8, 4) is 17.6 Å². The first-order chi connectivity index (χ1) is 12.6. The maximum absolute atomic E-state index is 12.8. The van der Waals surface area contributed by atoms with Crippen LogP contribution in [0.1, 0.15) is 44.6 Å². The van der Waals surface area contributed by atoms with Crippen molar-refractivity contribution >= 4 is 5.91 Å². The van der Waals surface area contributed by atoms with Gasteiger partial charge < -0.3 is 14.4 Å². The minimum Gasteiger partial charge on any atom is -0.454 e. The molecule has 0 spiro atoms. The largest absolute Gasteiger partial charge is 0.454 e. The molecule has 0 atom stereocenters. The molecule has 1 aliphatic heterocycles. The molecular weight excluding hydrogens is 330 g/mol. The highest BCUT2D eigenvalue weighted by atomic mass is 16.7. The molecule has 26 heavy (non-hydrogen) atoms. The summed E-state index contributed by atoms with van der Waals surface area (Å²) < 4.78 is 10.8. The molecule has 1 heterocycles. The fourth-order valence-corrected chi connectivity index (χ4v) is 3.77. The van der Waals surface area contributed by atoms with Gasteiger partial charge in [-0.25, -0.2) is 0 Å². The van der Waals surface area contributed by atoms with Crippen LogP contribution in [0.15, 0.2) is 18.2 Å². The smallest absolute Gasteiger partial charge is 0.237 e. The maximum Gasteiger partial charge on any atom is 0.237 e. The van der Waals surface area contributed by atoms with Crippen LogP contribution in [0.2, 0.25) is 0 Å². The number of hydrogen-bond acceptors (Lipinski definition) is 5. The van der Waals surface area contributed by atoms with E-state index < -0.39 is 5.54 Å². The van der Waals surface area contributed by atoms with Gasteiger partial charge in [0, 0.05) is 13.6 Å². The van der Waals surface area contributed by atoms with Crippen molar-refractivity contribution in [2.75, 3.05) is 26.9 Å². The average Bonchev–Trinajstić information content (AvgIpc) is 3.15. The number of carbonyl (C=O) groups excluding carboxylic acids is 1. The number of rotatable bonds is 6. The number of carbonyl (C=O) groups is 1. The van der Waals surface area contributed by atoms with E-state index in [1.807, 2.05) is 25.1 Å². The minimum atomic E-state index is -0.631. The van der Waals surface area contributed by atoms with Gasteiger partial charge in [0.25, 0.3) is 0 Å². The Bertz CT molecular complexity index is 692. The Labute approximate surface area is 155 Å². The Morgan fingerprint density at radius 2 is 1.96 bits per heavy atom. The third-order valence-corrected chi connectivity index (χ3v) is 5.55. The van der Waals surface area contributed by atoms with Crippen LogP contribution in [0.3, 0.4) is 0 Å². The molecule has 1 aromatic rings. The van der Waals surface area contributed by atoms with Crippen LogP contribution in [0, 0.1) is 11.3 Å². The van der Waals surface area contributed by atoms with Gasteiger partial charge in [-0.3, -0.25) is 9.69 Å². The van der Waals surface area contributed by atoms with Crippen LogP contribution in [0.5, 0.6) is 11.5 Å². The van der Waals surface area contributed by atoms with Crippen molar-refractivity contribution in [2.24, 2.45) is 0 Å². The summed E-state index contributed by atoms with van der Waals surface area (Å²) >= 11 is 0. The minimum absolute atomic E-state index is 0.0102. The van der Waals surface area contributed by atoms with Gasteiger partial charge in [0.15, 0.2) is 11.5 Å². The molecule has 140 valence electrons. The normalized spacial score (nSPS) is 17.8. The highest BCUT2D eigenvalue weighted by Crippen LogP contribution is 2.34. The number of hydrogen-bond donors (Lipinski definition) is 0. The van der Waals surface area contributed by atoms with Gasteiger partial charge in [0.05, 0.1) is 12.6 Å². The molecule has 3 rings (SSSR count). The van der Waals surface area contributed by atoms with Crippen molar-refractivity contribution in [2.45, 2.75) is 51.1 Å². The molecular formula is C20H27N3O3. The lowest BCUT2D eigenvalue weighted by atomic mass is 9.81. The van der Waals surface area contributed by atoms with Crippen molar-refractivity contribution in [1.29, 1.82) is 5.26 Å². The maximum atomic E-state index is 12.8. The summed E-state index contributed by atoms with van der Waals surface area (Å²) in [6.07, 6.45) is 4.73. The Hall–Kier alpha value is -2.26. The summed E-state index contributed by atoms with van der Waals surface area (Å²) in [4.78, 5) is 16.6. The van der Waals surface area contributed by atoms with E-state index in [4.69, 9.17) is 9.47 Å². The molecule has 0 saturated heterocycles. The zero-order valence-corrected chi connectivity index (χ0v) is 15.7. The first-order valence-corrected chi connectivity index (χ1v) is 9.37. The van der Waals surface area contributed by atoms with Crippen LogP contribution < -0.4 is 9.47 Å². The van der Waals surface area contributed by atoms with E-state index in [-0.39, 0.29) is 12.7 Å². The molecule has 0 bridgehead atoms. The monoisotopic (exact) mass is 357 g/mol. The predicted molar refractivity (Wildman–Crippen MR) is 97.7 cm³/mol. The lowest BCUT2D eigenvalue weighted by Crippen LogP contribution is -2.52. The van der Waals surface area contributed by atoms with E-state index in [2.05, 4.69) is 11.0 Å². The van der Waals surface area contributed by atoms with E-state index in [0.29, 0.717) is 13.1 Å². The summed E-state index contributed by atoms with van der Waals surface area (Å²) in [6.45, 7) is 4.03. The molecule has 6 heteroatoms. The molecule has 0 radical (unpaired) electrons. The van der Waals surface area contributed by atoms with Crippen molar-refractivity contribution in [3.63, 3.8) is 0 Å². The molecule has 1 saturated carbocycles. The first-order valence-electron chi connectivity index (χ1n) is 9.37.